The van der Waals surface area contributed by atoms with Gasteiger partial charge in [0.05, 0.1) is 16.6 Å². The lowest BCUT2D eigenvalue weighted by Gasteiger charge is -2.39. The molecule has 1 aromatic rings. The Labute approximate surface area is 200 Å². The molecule has 188 valence electrons. The molecule has 5 nitrogen and oxygen atoms in total. The molecule has 3 fully saturated rings. The molecular weight excluding hydrogens is 443 g/mol. The summed E-state index contributed by atoms with van der Waals surface area (Å²) >= 11 is 0. The standard InChI is InChI=1S/C26H36F3N3O2/c1-24(2)12-19(6-10-34-24)15-31-9-7-25(17-31,13-18-3-4-18)23(33)32-8-5-22-20(16-32)11-21(14-30-22)26(27,28)29/h11,14,18-19H,3-10,12-13,15-17H2,1-2H3. The zero-order valence-electron chi connectivity index (χ0n) is 20.3. The van der Waals surface area contributed by atoms with E-state index in [9.17, 15) is 18.0 Å². The third-order valence-electron chi connectivity index (χ3n) is 8.23. The van der Waals surface area contributed by atoms with E-state index < -0.39 is 17.2 Å². The van der Waals surface area contributed by atoms with Crippen LogP contribution in [0, 0.1) is 17.3 Å². The van der Waals surface area contributed by atoms with Crippen molar-refractivity contribution < 1.29 is 22.7 Å². The number of pyridine rings is 1. The summed E-state index contributed by atoms with van der Waals surface area (Å²) in [6.07, 6.45) is 3.22. The normalized spacial score (nSPS) is 29.8. The largest absolute Gasteiger partial charge is 0.417 e. The lowest BCUT2D eigenvalue weighted by Crippen LogP contribution is -2.48. The quantitative estimate of drug-likeness (QED) is 0.615. The highest BCUT2D eigenvalue weighted by Crippen LogP contribution is 2.47. The third-order valence-corrected chi connectivity index (χ3v) is 8.23. The third kappa shape index (κ3) is 5.13. The summed E-state index contributed by atoms with van der Waals surface area (Å²) < 4.78 is 45.5. The Morgan fingerprint density at radius 3 is 2.71 bits per heavy atom. The van der Waals surface area contributed by atoms with E-state index in [0.29, 0.717) is 36.1 Å². The van der Waals surface area contributed by atoms with Crippen LogP contribution in [-0.4, -0.2) is 59.1 Å². The Kier molecular flexibility index (Phi) is 6.20. The first-order valence-corrected chi connectivity index (χ1v) is 12.7. The minimum Gasteiger partial charge on any atom is -0.376 e. The van der Waals surface area contributed by atoms with Gasteiger partial charge in [-0.05, 0) is 69.5 Å². The van der Waals surface area contributed by atoms with Crippen molar-refractivity contribution in [2.24, 2.45) is 17.3 Å². The van der Waals surface area contributed by atoms with Crippen molar-refractivity contribution in [3.63, 3.8) is 0 Å². The van der Waals surface area contributed by atoms with Gasteiger partial charge in [0.25, 0.3) is 0 Å². The highest BCUT2D eigenvalue weighted by Gasteiger charge is 2.50. The first-order valence-electron chi connectivity index (χ1n) is 12.7. The number of carbonyl (C=O) groups excluding carboxylic acids is 1. The Bertz CT molecular complexity index is 930. The number of ether oxygens (including phenoxy) is 1. The molecule has 1 saturated carbocycles. The lowest BCUT2D eigenvalue weighted by molar-refractivity contribution is -0.143. The van der Waals surface area contributed by atoms with Gasteiger partial charge < -0.3 is 14.5 Å². The number of amides is 1. The van der Waals surface area contributed by atoms with Crippen molar-refractivity contribution >= 4 is 5.91 Å². The average molecular weight is 480 g/mol. The summed E-state index contributed by atoms with van der Waals surface area (Å²) in [5.41, 5.74) is -0.0129. The van der Waals surface area contributed by atoms with Crippen LogP contribution in [0.25, 0.3) is 0 Å². The van der Waals surface area contributed by atoms with Crippen LogP contribution in [0.15, 0.2) is 12.3 Å². The topological polar surface area (TPSA) is 45.7 Å². The minimum atomic E-state index is -4.42. The maximum absolute atomic E-state index is 14.0. The summed E-state index contributed by atoms with van der Waals surface area (Å²) in [6.45, 7) is 8.53. The Morgan fingerprint density at radius 2 is 2.00 bits per heavy atom. The zero-order chi connectivity index (χ0) is 24.1. The van der Waals surface area contributed by atoms with Crippen molar-refractivity contribution in [3.8, 4) is 0 Å². The summed E-state index contributed by atoms with van der Waals surface area (Å²) in [7, 11) is 0. The average Bonchev–Trinajstić information content (AvgIpc) is 3.49. The molecule has 34 heavy (non-hydrogen) atoms. The van der Waals surface area contributed by atoms with Crippen LogP contribution in [0.3, 0.4) is 0 Å². The number of halogens is 3. The van der Waals surface area contributed by atoms with E-state index in [1.54, 1.807) is 0 Å². The molecule has 2 saturated heterocycles. The van der Waals surface area contributed by atoms with Crippen LogP contribution in [0.5, 0.6) is 0 Å². The first-order chi connectivity index (χ1) is 16.0. The highest BCUT2D eigenvalue weighted by atomic mass is 19.4. The number of rotatable bonds is 5. The van der Waals surface area contributed by atoms with Gasteiger partial charge in [0, 0.05) is 51.1 Å². The molecule has 0 spiro atoms. The smallest absolute Gasteiger partial charge is 0.376 e. The van der Waals surface area contributed by atoms with Crippen molar-refractivity contribution in [3.05, 3.63) is 29.1 Å². The van der Waals surface area contributed by atoms with Crippen LogP contribution >= 0.6 is 0 Å². The maximum atomic E-state index is 14.0. The van der Waals surface area contributed by atoms with Gasteiger partial charge in [-0.25, -0.2) is 0 Å². The molecule has 0 radical (unpaired) electrons. The molecule has 3 aliphatic heterocycles. The van der Waals surface area contributed by atoms with E-state index in [1.165, 1.54) is 18.9 Å². The SMILES string of the molecule is CC1(C)CC(CN2CCC(CC3CC3)(C(=O)N3CCc4ncc(C(F)(F)F)cc4C3)C2)CCO1. The Balaban J connectivity index is 1.30. The van der Waals surface area contributed by atoms with E-state index in [2.05, 4.69) is 23.7 Å². The minimum absolute atomic E-state index is 0.0892. The number of carbonyl (C=O) groups is 1. The fourth-order valence-corrected chi connectivity index (χ4v) is 6.39. The van der Waals surface area contributed by atoms with Crippen molar-refractivity contribution in [1.82, 2.24) is 14.8 Å². The maximum Gasteiger partial charge on any atom is 0.417 e. The van der Waals surface area contributed by atoms with Gasteiger partial charge in [0.1, 0.15) is 0 Å². The predicted molar refractivity (Wildman–Crippen MR) is 122 cm³/mol. The van der Waals surface area contributed by atoms with E-state index in [1.807, 2.05) is 4.90 Å². The summed E-state index contributed by atoms with van der Waals surface area (Å²) in [5, 5.41) is 0. The molecule has 4 heterocycles. The molecule has 0 aromatic carbocycles. The molecule has 1 aliphatic carbocycles. The number of fused-ring (bicyclic) bond motifs is 1. The molecule has 8 heteroatoms. The van der Waals surface area contributed by atoms with Crippen LogP contribution in [0.4, 0.5) is 13.2 Å². The molecule has 4 aliphatic rings. The summed E-state index contributed by atoms with van der Waals surface area (Å²) in [6, 6.07) is 1.18. The van der Waals surface area contributed by atoms with Gasteiger partial charge in [0.2, 0.25) is 5.91 Å². The Morgan fingerprint density at radius 1 is 1.21 bits per heavy atom. The second-order valence-electron chi connectivity index (χ2n) is 11.7. The lowest BCUT2D eigenvalue weighted by atomic mass is 9.79. The molecular formula is C26H36F3N3O2. The molecule has 2 unspecified atom stereocenters. The van der Waals surface area contributed by atoms with E-state index in [0.717, 1.165) is 58.1 Å². The van der Waals surface area contributed by atoms with Gasteiger partial charge in [-0.2, -0.15) is 13.2 Å². The van der Waals surface area contributed by atoms with Crippen LogP contribution < -0.4 is 0 Å². The van der Waals surface area contributed by atoms with Crippen molar-refractivity contribution in [1.29, 1.82) is 0 Å². The molecule has 0 N–H and O–H groups in total. The molecule has 1 aromatic heterocycles. The molecule has 1 amide bonds. The molecule has 0 bridgehead atoms. The van der Waals surface area contributed by atoms with Gasteiger partial charge in [-0.1, -0.05) is 12.8 Å². The van der Waals surface area contributed by atoms with Gasteiger partial charge in [-0.15, -0.1) is 0 Å². The predicted octanol–water partition coefficient (Wildman–Crippen LogP) is 4.68. The van der Waals surface area contributed by atoms with Crippen molar-refractivity contribution in [2.45, 2.75) is 77.1 Å². The van der Waals surface area contributed by atoms with Crippen LogP contribution in [0.2, 0.25) is 0 Å². The number of nitrogens with zero attached hydrogens (tertiary/aromatic N) is 3. The second kappa shape index (κ2) is 8.77. The molecule has 5 rings (SSSR count). The van der Waals surface area contributed by atoms with E-state index in [4.69, 9.17) is 4.74 Å². The zero-order valence-corrected chi connectivity index (χ0v) is 20.3. The van der Waals surface area contributed by atoms with Crippen LogP contribution in [0.1, 0.15) is 69.2 Å². The van der Waals surface area contributed by atoms with Gasteiger partial charge >= 0.3 is 6.18 Å². The second-order valence-corrected chi connectivity index (χ2v) is 11.7. The number of likely N-dealkylation sites (tertiary alicyclic amines) is 1. The van der Waals surface area contributed by atoms with E-state index >= 15 is 0 Å². The number of hydrogen-bond acceptors (Lipinski definition) is 4. The monoisotopic (exact) mass is 479 g/mol. The summed E-state index contributed by atoms with van der Waals surface area (Å²) in [5.74, 6) is 1.32. The molecule has 2 atom stereocenters. The van der Waals surface area contributed by atoms with Gasteiger partial charge in [0.15, 0.2) is 0 Å². The van der Waals surface area contributed by atoms with Crippen molar-refractivity contribution in [2.75, 3.05) is 32.8 Å². The van der Waals surface area contributed by atoms with E-state index in [-0.39, 0.29) is 18.1 Å². The van der Waals surface area contributed by atoms with Gasteiger partial charge in [-0.3, -0.25) is 9.78 Å². The Hall–Kier alpha value is -1.67. The fraction of sp³-hybridized carbons (Fsp3) is 0.769. The number of aromatic nitrogens is 1. The van der Waals surface area contributed by atoms with Crippen LogP contribution in [-0.2, 0) is 28.7 Å². The number of alkyl halides is 3. The fourth-order valence-electron chi connectivity index (χ4n) is 6.39. The first kappa shape index (κ1) is 24.0. The highest BCUT2D eigenvalue weighted by molar-refractivity contribution is 5.83. The number of hydrogen-bond donors (Lipinski definition) is 0. The summed E-state index contributed by atoms with van der Waals surface area (Å²) in [4.78, 5) is 22.3.